The number of nitrogens with one attached hydrogen (secondary N) is 1. The van der Waals surface area contributed by atoms with Crippen molar-refractivity contribution in [3.63, 3.8) is 0 Å². The first kappa shape index (κ1) is 21.4. The number of carbonyl (C=O) groups is 1. The molecule has 0 spiro atoms. The number of amides is 1. The molecule has 24 heavy (non-hydrogen) atoms. The van der Waals surface area contributed by atoms with Gasteiger partial charge in [-0.3, -0.25) is 4.79 Å². The lowest BCUT2D eigenvalue weighted by molar-refractivity contribution is -0.126. The van der Waals surface area contributed by atoms with Gasteiger partial charge in [-0.2, -0.15) is 0 Å². The highest BCUT2D eigenvalue weighted by Gasteiger charge is 2.31. The highest BCUT2D eigenvalue weighted by Crippen LogP contribution is 2.20. The fourth-order valence-electron chi connectivity index (χ4n) is 3.04. The zero-order chi connectivity index (χ0) is 18.0. The number of sulfonamides is 1. The zero-order valence-electron chi connectivity index (χ0n) is 15.6. The Morgan fingerprint density at radius 1 is 1.21 bits per heavy atom. The Hall–Kier alpha value is -0.660. The van der Waals surface area contributed by atoms with Gasteiger partial charge in [-0.1, -0.05) is 20.3 Å². The molecule has 0 bridgehead atoms. The van der Waals surface area contributed by atoms with Crippen LogP contribution in [0.1, 0.15) is 52.4 Å². The van der Waals surface area contributed by atoms with Crippen molar-refractivity contribution < 1.29 is 13.2 Å². The topological polar surface area (TPSA) is 69.7 Å². The van der Waals surface area contributed by atoms with Crippen LogP contribution in [0.5, 0.6) is 0 Å². The van der Waals surface area contributed by atoms with E-state index < -0.39 is 10.0 Å². The number of hydrogen-bond donors (Lipinski definition) is 1. The Bertz CT molecular complexity index is 468. The first-order valence-electron chi connectivity index (χ1n) is 9.34. The van der Waals surface area contributed by atoms with Crippen molar-refractivity contribution in [1.82, 2.24) is 14.5 Å². The quantitative estimate of drug-likeness (QED) is 0.569. The first-order chi connectivity index (χ1) is 11.4. The van der Waals surface area contributed by atoms with Gasteiger partial charge in [0.2, 0.25) is 15.9 Å². The number of carbonyl (C=O) groups excluding carboxylic acids is 1. The number of piperidine rings is 1. The molecule has 1 atom stereocenters. The number of hydrogen-bond acceptors (Lipinski definition) is 4. The lowest BCUT2D eigenvalue weighted by atomic mass is 9.99. The summed E-state index contributed by atoms with van der Waals surface area (Å²) in [5.41, 5.74) is 0. The van der Waals surface area contributed by atoms with Gasteiger partial charge >= 0.3 is 0 Å². The van der Waals surface area contributed by atoms with Crippen LogP contribution < -0.4 is 5.32 Å². The summed E-state index contributed by atoms with van der Waals surface area (Å²) in [4.78, 5) is 14.6. The number of rotatable bonds is 11. The van der Waals surface area contributed by atoms with Crippen LogP contribution in [0.2, 0.25) is 0 Å². The molecule has 6 nitrogen and oxygen atoms in total. The molecule has 0 radical (unpaired) electrons. The third kappa shape index (κ3) is 7.49. The van der Waals surface area contributed by atoms with Crippen molar-refractivity contribution >= 4 is 15.9 Å². The van der Waals surface area contributed by atoms with Crippen molar-refractivity contribution in [2.75, 3.05) is 45.5 Å². The molecule has 0 aromatic rings. The van der Waals surface area contributed by atoms with Crippen molar-refractivity contribution in [2.24, 2.45) is 5.92 Å². The van der Waals surface area contributed by atoms with Crippen LogP contribution >= 0.6 is 0 Å². The summed E-state index contributed by atoms with van der Waals surface area (Å²) in [6, 6.07) is 0. The van der Waals surface area contributed by atoms with Crippen LogP contribution in [-0.4, -0.2) is 69.1 Å². The van der Waals surface area contributed by atoms with Gasteiger partial charge in [-0.15, -0.1) is 0 Å². The monoisotopic (exact) mass is 361 g/mol. The van der Waals surface area contributed by atoms with Crippen LogP contribution in [0.25, 0.3) is 0 Å². The van der Waals surface area contributed by atoms with Crippen molar-refractivity contribution in [3.8, 4) is 0 Å². The molecule has 0 saturated carbocycles. The average molecular weight is 362 g/mol. The van der Waals surface area contributed by atoms with Gasteiger partial charge in [0, 0.05) is 19.6 Å². The van der Waals surface area contributed by atoms with Gasteiger partial charge in [-0.25, -0.2) is 12.7 Å². The van der Waals surface area contributed by atoms with E-state index in [2.05, 4.69) is 24.2 Å². The molecule has 1 amide bonds. The molecule has 0 aliphatic carbocycles. The highest BCUT2D eigenvalue weighted by atomic mass is 32.2. The minimum Gasteiger partial charge on any atom is -0.356 e. The fourth-order valence-corrected chi connectivity index (χ4v) is 4.63. The molecular formula is C17H35N3O3S. The minimum atomic E-state index is -3.20. The van der Waals surface area contributed by atoms with Crippen LogP contribution in [0.3, 0.4) is 0 Å². The molecule has 142 valence electrons. The number of nitrogens with zero attached hydrogens (tertiary/aromatic N) is 2. The third-order valence-electron chi connectivity index (χ3n) is 4.52. The van der Waals surface area contributed by atoms with Gasteiger partial charge in [0.25, 0.3) is 0 Å². The van der Waals surface area contributed by atoms with E-state index in [4.69, 9.17) is 0 Å². The Kier molecular flexibility index (Phi) is 9.85. The lowest BCUT2D eigenvalue weighted by Gasteiger charge is -2.31. The van der Waals surface area contributed by atoms with E-state index in [-0.39, 0.29) is 17.6 Å². The molecular weight excluding hydrogens is 326 g/mol. The molecule has 0 unspecified atom stereocenters. The second-order valence-corrected chi connectivity index (χ2v) is 8.90. The van der Waals surface area contributed by atoms with Gasteiger partial charge in [0.15, 0.2) is 0 Å². The third-order valence-corrected chi connectivity index (χ3v) is 6.56. The van der Waals surface area contributed by atoms with E-state index in [0.717, 1.165) is 32.4 Å². The molecule has 1 fully saturated rings. The lowest BCUT2D eigenvalue weighted by Crippen LogP contribution is -2.46. The maximum atomic E-state index is 12.3. The van der Waals surface area contributed by atoms with Gasteiger partial charge < -0.3 is 10.2 Å². The van der Waals surface area contributed by atoms with Gasteiger partial charge in [0.05, 0.1) is 11.7 Å². The predicted molar refractivity (Wildman–Crippen MR) is 98.4 cm³/mol. The summed E-state index contributed by atoms with van der Waals surface area (Å²) in [6.07, 6.45) is 5.48. The van der Waals surface area contributed by atoms with Crippen molar-refractivity contribution in [1.29, 1.82) is 0 Å². The number of unbranched alkanes of at least 4 members (excludes halogenated alkanes) is 1. The van der Waals surface area contributed by atoms with Crippen molar-refractivity contribution in [3.05, 3.63) is 0 Å². The standard InChI is InChI=1S/C17H35N3O3S/c1-4-6-11-19(3)12-8-10-18-17(21)16-9-7-13-20(15-16)24(22,23)14-5-2/h16H,4-15H2,1-3H3,(H,18,21)/t16-/m0/s1. The van der Waals surface area contributed by atoms with E-state index in [1.165, 1.54) is 17.1 Å². The smallest absolute Gasteiger partial charge is 0.224 e. The van der Waals surface area contributed by atoms with E-state index >= 15 is 0 Å². The van der Waals surface area contributed by atoms with E-state index in [0.29, 0.717) is 26.1 Å². The highest BCUT2D eigenvalue weighted by molar-refractivity contribution is 7.89. The van der Waals surface area contributed by atoms with Crippen LogP contribution in [0, 0.1) is 5.92 Å². The summed E-state index contributed by atoms with van der Waals surface area (Å²) < 4.78 is 25.8. The average Bonchev–Trinajstić information content (AvgIpc) is 2.56. The van der Waals surface area contributed by atoms with E-state index in [1.807, 2.05) is 6.92 Å². The van der Waals surface area contributed by atoms with E-state index in [1.54, 1.807) is 0 Å². The molecule has 1 aliphatic rings. The first-order valence-corrected chi connectivity index (χ1v) is 11.0. The molecule has 0 aromatic heterocycles. The predicted octanol–water partition coefficient (Wildman–Crippen LogP) is 1.68. The van der Waals surface area contributed by atoms with Crippen LogP contribution in [-0.2, 0) is 14.8 Å². The Balaban J connectivity index is 2.32. The van der Waals surface area contributed by atoms with Crippen LogP contribution in [0.4, 0.5) is 0 Å². The normalized spacial score (nSPS) is 19.6. The van der Waals surface area contributed by atoms with E-state index in [9.17, 15) is 13.2 Å². The summed E-state index contributed by atoms with van der Waals surface area (Å²) >= 11 is 0. The summed E-state index contributed by atoms with van der Waals surface area (Å²) in [6.45, 7) is 7.66. The maximum Gasteiger partial charge on any atom is 0.224 e. The summed E-state index contributed by atoms with van der Waals surface area (Å²) in [7, 11) is -1.09. The second-order valence-electron chi connectivity index (χ2n) is 6.81. The molecule has 1 heterocycles. The zero-order valence-corrected chi connectivity index (χ0v) is 16.4. The summed E-state index contributed by atoms with van der Waals surface area (Å²) in [5.74, 6) is -0.0309. The Morgan fingerprint density at radius 2 is 1.92 bits per heavy atom. The summed E-state index contributed by atoms with van der Waals surface area (Å²) in [5, 5.41) is 2.98. The molecule has 1 rings (SSSR count). The molecule has 7 heteroatoms. The Labute approximate surface area is 148 Å². The maximum absolute atomic E-state index is 12.3. The van der Waals surface area contributed by atoms with Gasteiger partial charge in [-0.05, 0) is 52.2 Å². The minimum absolute atomic E-state index is 0.00242. The SMILES string of the molecule is CCCCN(C)CCCNC(=O)[C@H]1CCCN(S(=O)(=O)CCC)C1. The van der Waals surface area contributed by atoms with Gasteiger partial charge in [0.1, 0.15) is 0 Å². The largest absolute Gasteiger partial charge is 0.356 e. The molecule has 1 aliphatic heterocycles. The Morgan fingerprint density at radius 3 is 2.58 bits per heavy atom. The van der Waals surface area contributed by atoms with Crippen molar-refractivity contribution in [2.45, 2.75) is 52.4 Å². The fraction of sp³-hybridized carbons (Fsp3) is 0.941. The second kappa shape index (κ2) is 11.1. The molecule has 0 aromatic carbocycles. The van der Waals surface area contributed by atoms with Crippen LogP contribution in [0.15, 0.2) is 0 Å². The molecule has 1 N–H and O–H groups in total. The molecule has 1 saturated heterocycles.